The van der Waals surface area contributed by atoms with Crippen LogP contribution in [0.4, 0.5) is 5.69 Å². The highest BCUT2D eigenvalue weighted by molar-refractivity contribution is 5.95. The summed E-state index contributed by atoms with van der Waals surface area (Å²) >= 11 is 0. The van der Waals surface area contributed by atoms with E-state index in [1.807, 2.05) is 36.4 Å². The number of nitro groups is 1. The summed E-state index contributed by atoms with van der Waals surface area (Å²) in [7, 11) is 2.90. The van der Waals surface area contributed by atoms with E-state index in [4.69, 9.17) is 9.47 Å². The largest absolute Gasteiger partial charge is 0.493 e. The van der Waals surface area contributed by atoms with Crippen LogP contribution in [0.2, 0.25) is 0 Å². The Morgan fingerprint density at radius 2 is 1.53 bits per heavy atom. The fraction of sp³-hybridized carbons (Fsp3) is 0.240. The molecule has 0 unspecified atom stereocenters. The van der Waals surface area contributed by atoms with Crippen molar-refractivity contribution in [2.24, 2.45) is 0 Å². The van der Waals surface area contributed by atoms with Gasteiger partial charge in [0.05, 0.1) is 25.2 Å². The van der Waals surface area contributed by atoms with Gasteiger partial charge in [0.15, 0.2) is 11.5 Å². The first-order valence-electron chi connectivity index (χ1n) is 10.3. The third-order valence-electron chi connectivity index (χ3n) is 5.25. The molecule has 3 rings (SSSR count). The van der Waals surface area contributed by atoms with Gasteiger partial charge in [-0.05, 0) is 42.5 Å². The zero-order chi connectivity index (χ0) is 22.9. The van der Waals surface area contributed by atoms with Crippen molar-refractivity contribution < 1.29 is 19.2 Å². The van der Waals surface area contributed by atoms with Crippen molar-refractivity contribution in [3.05, 3.63) is 99.1 Å². The van der Waals surface area contributed by atoms with Gasteiger partial charge < -0.3 is 14.8 Å². The number of nitro benzene ring substituents is 1. The first-order valence-corrected chi connectivity index (χ1v) is 10.3. The molecule has 1 amide bonds. The van der Waals surface area contributed by atoms with E-state index in [9.17, 15) is 14.9 Å². The Kier molecular flexibility index (Phi) is 7.80. The maximum absolute atomic E-state index is 12.8. The summed E-state index contributed by atoms with van der Waals surface area (Å²) < 4.78 is 10.4. The average Bonchev–Trinajstić information content (AvgIpc) is 2.82. The molecule has 0 saturated heterocycles. The predicted molar refractivity (Wildman–Crippen MR) is 123 cm³/mol. The van der Waals surface area contributed by atoms with Crippen LogP contribution in [0.3, 0.4) is 0 Å². The van der Waals surface area contributed by atoms with E-state index in [1.54, 1.807) is 12.1 Å². The lowest BCUT2D eigenvalue weighted by Crippen LogP contribution is -2.27. The van der Waals surface area contributed by atoms with Gasteiger partial charge in [-0.2, -0.15) is 0 Å². The van der Waals surface area contributed by atoms with Gasteiger partial charge in [0.2, 0.25) is 0 Å². The van der Waals surface area contributed by atoms with E-state index >= 15 is 0 Å². The topological polar surface area (TPSA) is 90.7 Å². The zero-order valence-electron chi connectivity index (χ0n) is 18.2. The molecule has 0 fully saturated rings. The van der Waals surface area contributed by atoms with Crippen LogP contribution in [-0.4, -0.2) is 31.6 Å². The smallest absolute Gasteiger partial charge is 0.276 e. The number of nitrogens with one attached hydrogen (secondary N) is 1. The van der Waals surface area contributed by atoms with Crippen LogP contribution in [0.25, 0.3) is 0 Å². The van der Waals surface area contributed by atoms with Crippen molar-refractivity contribution >= 4 is 11.6 Å². The minimum absolute atomic E-state index is 0.0693. The summed E-state index contributed by atoms with van der Waals surface area (Å²) in [5, 5.41) is 14.3. The Morgan fingerprint density at radius 3 is 2.22 bits per heavy atom. The fourth-order valence-corrected chi connectivity index (χ4v) is 3.57. The van der Waals surface area contributed by atoms with Crippen molar-refractivity contribution in [3.8, 4) is 11.5 Å². The van der Waals surface area contributed by atoms with Crippen LogP contribution in [0, 0.1) is 10.1 Å². The highest BCUT2D eigenvalue weighted by atomic mass is 16.6. The quantitative estimate of drug-likeness (QED) is 0.378. The van der Waals surface area contributed by atoms with E-state index in [0.717, 1.165) is 18.4 Å². The molecule has 0 aliphatic rings. The van der Waals surface area contributed by atoms with Gasteiger partial charge in [0, 0.05) is 17.7 Å². The molecule has 32 heavy (non-hydrogen) atoms. The number of methoxy groups -OCH3 is 2. The molecule has 0 spiro atoms. The van der Waals surface area contributed by atoms with Gasteiger partial charge in [0.25, 0.3) is 11.6 Å². The zero-order valence-corrected chi connectivity index (χ0v) is 18.2. The number of rotatable bonds is 10. The molecule has 0 aliphatic carbocycles. The second-order valence-electron chi connectivity index (χ2n) is 7.24. The highest BCUT2D eigenvalue weighted by Crippen LogP contribution is 2.34. The van der Waals surface area contributed by atoms with E-state index in [1.165, 1.54) is 25.8 Å². The van der Waals surface area contributed by atoms with Crippen LogP contribution >= 0.6 is 0 Å². The Hall–Kier alpha value is -3.87. The van der Waals surface area contributed by atoms with Crippen molar-refractivity contribution in [2.45, 2.75) is 19.3 Å². The lowest BCUT2D eigenvalue weighted by molar-refractivity contribution is -0.385. The summed E-state index contributed by atoms with van der Waals surface area (Å²) in [6, 6.07) is 20.6. The Balaban J connectivity index is 1.67. The minimum Gasteiger partial charge on any atom is -0.493 e. The highest BCUT2D eigenvalue weighted by Gasteiger charge is 2.19. The normalized spacial score (nSPS) is 10.4. The third-order valence-corrected chi connectivity index (χ3v) is 5.25. The van der Waals surface area contributed by atoms with Gasteiger partial charge in [-0.3, -0.25) is 14.9 Å². The molecule has 7 nitrogen and oxygen atoms in total. The van der Waals surface area contributed by atoms with Gasteiger partial charge in [-0.25, -0.2) is 0 Å². The van der Waals surface area contributed by atoms with Crippen molar-refractivity contribution in [1.29, 1.82) is 0 Å². The maximum Gasteiger partial charge on any atom is 0.276 e. The van der Waals surface area contributed by atoms with Gasteiger partial charge in [0.1, 0.15) is 0 Å². The van der Waals surface area contributed by atoms with Crippen LogP contribution in [0.15, 0.2) is 66.7 Å². The molecule has 0 saturated carbocycles. The molecular formula is C25H26N2O5. The standard InChI is InChI=1S/C25H26N2O5/c1-31-23-16-20(22(27(29)30)17-24(23)32-2)14-15-26-25(28)21-11-7-6-10-19(21)13-12-18-8-4-3-5-9-18/h3-11,16-17H,12-15H2,1-2H3,(H,26,28). The summed E-state index contributed by atoms with van der Waals surface area (Å²) in [5.41, 5.74) is 3.19. The second-order valence-corrected chi connectivity index (χ2v) is 7.24. The van der Waals surface area contributed by atoms with Crippen LogP contribution in [-0.2, 0) is 19.3 Å². The van der Waals surface area contributed by atoms with Crippen molar-refractivity contribution in [3.63, 3.8) is 0 Å². The van der Waals surface area contributed by atoms with E-state index in [0.29, 0.717) is 22.6 Å². The number of amides is 1. The van der Waals surface area contributed by atoms with E-state index < -0.39 is 4.92 Å². The number of aryl methyl sites for hydroxylation is 2. The van der Waals surface area contributed by atoms with Crippen molar-refractivity contribution in [1.82, 2.24) is 5.32 Å². The summed E-state index contributed by atoms with van der Waals surface area (Å²) in [4.78, 5) is 23.8. The summed E-state index contributed by atoms with van der Waals surface area (Å²) in [6.45, 7) is 0.252. The molecule has 0 bridgehead atoms. The Bertz CT molecular complexity index is 1080. The second kappa shape index (κ2) is 10.9. The monoisotopic (exact) mass is 434 g/mol. The number of ether oxygens (including phenoxy) is 2. The molecular weight excluding hydrogens is 408 g/mol. The fourth-order valence-electron chi connectivity index (χ4n) is 3.57. The van der Waals surface area contributed by atoms with Crippen LogP contribution < -0.4 is 14.8 Å². The van der Waals surface area contributed by atoms with E-state index in [-0.39, 0.29) is 24.6 Å². The molecule has 0 radical (unpaired) electrons. The van der Waals surface area contributed by atoms with Gasteiger partial charge in [-0.15, -0.1) is 0 Å². The number of nitrogens with zero attached hydrogens (tertiary/aromatic N) is 1. The lowest BCUT2D eigenvalue weighted by Gasteiger charge is -2.12. The molecule has 3 aromatic rings. The number of carbonyl (C=O) groups excluding carboxylic acids is 1. The van der Waals surface area contributed by atoms with Crippen LogP contribution in [0.5, 0.6) is 11.5 Å². The molecule has 0 atom stereocenters. The SMILES string of the molecule is COc1cc(CCNC(=O)c2ccccc2CCc2ccccc2)c([N+](=O)[O-])cc1OC. The number of carbonyl (C=O) groups is 1. The number of hydrogen-bond donors (Lipinski definition) is 1. The Labute approximate surface area is 187 Å². The molecule has 0 heterocycles. The Morgan fingerprint density at radius 1 is 0.875 bits per heavy atom. The third kappa shape index (κ3) is 5.63. The first-order chi connectivity index (χ1) is 15.5. The number of hydrogen-bond acceptors (Lipinski definition) is 5. The molecule has 3 aromatic carbocycles. The maximum atomic E-state index is 12.8. The summed E-state index contributed by atoms with van der Waals surface area (Å²) in [5.74, 6) is 0.502. The number of benzene rings is 3. The van der Waals surface area contributed by atoms with Gasteiger partial charge in [-0.1, -0.05) is 48.5 Å². The van der Waals surface area contributed by atoms with Crippen LogP contribution in [0.1, 0.15) is 27.0 Å². The predicted octanol–water partition coefficient (Wildman–Crippen LogP) is 4.37. The molecule has 7 heteroatoms. The molecule has 166 valence electrons. The summed E-state index contributed by atoms with van der Waals surface area (Å²) in [6.07, 6.45) is 1.87. The van der Waals surface area contributed by atoms with Crippen molar-refractivity contribution in [2.75, 3.05) is 20.8 Å². The lowest BCUT2D eigenvalue weighted by atomic mass is 9.99. The minimum atomic E-state index is -0.460. The average molecular weight is 434 g/mol. The molecule has 1 N–H and O–H groups in total. The van der Waals surface area contributed by atoms with Gasteiger partial charge >= 0.3 is 0 Å². The first kappa shape index (κ1) is 22.8. The molecule has 0 aromatic heterocycles. The van der Waals surface area contributed by atoms with E-state index in [2.05, 4.69) is 17.4 Å². The molecule has 0 aliphatic heterocycles.